The van der Waals surface area contributed by atoms with Crippen molar-refractivity contribution >= 4 is 0 Å². The molecule has 0 unspecified atom stereocenters. The zero-order valence-electron chi connectivity index (χ0n) is 14.1. The van der Waals surface area contributed by atoms with Gasteiger partial charge in [-0.15, -0.1) is 0 Å². The van der Waals surface area contributed by atoms with E-state index in [1.807, 2.05) is 30.1 Å². The van der Waals surface area contributed by atoms with Crippen molar-refractivity contribution in [2.45, 2.75) is 45.3 Å². The largest absolute Gasteiger partial charge is 0.339 e. The number of aryl methyl sites for hydroxylation is 1. The number of nitrogens with zero attached hydrogens (tertiary/aromatic N) is 6. The van der Waals surface area contributed by atoms with Crippen LogP contribution in [-0.2, 0) is 19.5 Å². The quantitative estimate of drug-likeness (QED) is 0.769. The van der Waals surface area contributed by atoms with Gasteiger partial charge in [0.05, 0.1) is 13.1 Å². The first-order valence-electron chi connectivity index (χ1n) is 8.46. The molecule has 0 aromatic carbocycles. The summed E-state index contributed by atoms with van der Waals surface area (Å²) < 4.78 is 7.19. The third-order valence-electron chi connectivity index (χ3n) is 4.52. The van der Waals surface area contributed by atoms with Crippen LogP contribution in [0.4, 0.5) is 0 Å². The molecule has 7 heteroatoms. The number of hydrogen-bond donors (Lipinski definition) is 0. The van der Waals surface area contributed by atoms with Gasteiger partial charge in [-0.3, -0.25) is 9.58 Å². The third-order valence-corrected chi connectivity index (χ3v) is 4.52. The molecule has 23 heavy (non-hydrogen) atoms. The van der Waals surface area contributed by atoms with Crippen molar-refractivity contribution in [3.8, 4) is 0 Å². The van der Waals surface area contributed by atoms with Gasteiger partial charge in [-0.1, -0.05) is 12.1 Å². The highest BCUT2D eigenvalue weighted by Gasteiger charge is 2.24. The van der Waals surface area contributed by atoms with Crippen LogP contribution in [0.15, 0.2) is 23.0 Å². The van der Waals surface area contributed by atoms with Gasteiger partial charge in [0.15, 0.2) is 5.82 Å². The Morgan fingerprint density at radius 1 is 1.43 bits per heavy atom. The Morgan fingerprint density at radius 3 is 3.09 bits per heavy atom. The maximum absolute atomic E-state index is 5.20. The zero-order valence-corrected chi connectivity index (χ0v) is 14.1. The number of aromatic nitrogens is 4. The minimum absolute atomic E-state index is 0.580. The molecule has 0 spiro atoms. The molecule has 3 rings (SSSR count). The molecule has 1 atom stereocenters. The second kappa shape index (κ2) is 7.70. The fourth-order valence-corrected chi connectivity index (χ4v) is 3.11. The van der Waals surface area contributed by atoms with Crippen molar-refractivity contribution in [2.75, 3.05) is 26.7 Å². The van der Waals surface area contributed by atoms with Crippen molar-refractivity contribution in [3.63, 3.8) is 0 Å². The van der Waals surface area contributed by atoms with Crippen molar-refractivity contribution < 1.29 is 4.52 Å². The fraction of sp³-hybridized carbons (Fsp3) is 0.688. The molecule has 0 aliphatic carbocycles. The number of likely N-dealkylation sites (tertiary alicyclic amines) is 1. The molecule has 2 aromatic rings. The molecule has 0 saturated carbocycles. The number of piperidine rings is 1. The molecule has 2 aromatic heterocycles. The maximum atomic E-state index is 5.20. The van der Waals surface area contributed by atoms with Crippen LogP contribution in [0.5, 0.6) is 0 Å². The van der Waals surface area contributed by atoms with Crippen LogP contribution in [0.1, 0.15) is 31.5 Å². The Bertz CT molecular complexity index is 581. The van der Waals surface area contributed by atoms with Gasteiger partial charge in [-0.2, -0.15) is 10.1 Å². The summed E-state index contributed by atoms with van der Waals surface area (Å²) in [5, 5.41) is 8.34. The molecule has 0 radical (unpaired) electrons. The Kier molecular flexibility index (Phi) is 5.40. The van der Waals surface area contributed by atoms with Crippen LogP contribution in [0.25, 0.3) is 0 Å². The van der Waals surface area contributed by atoms with Gasteiger partial charge in [0.1, 0.15) is 0 Å². The van der Waals surface area contributed by atoms with E-state index >= 15 is 0 Å². The van der Waals surface area contributed by atoms with Crippen LogP contribution in [0.3, 0.4) is 0 Å². The minimum atomic E-state index is 0.580. The molecule has 7 nitrogen and oxygen atoms in total. The lowest BCUT2D eigenvalue weighted by Gasteiger charge is -2.37. The first-order chi connectivity index (χ1) is 11.2. The maximum Gasteiger partial charge on any atom is 0.226 e. The van der Waals surface area contributed by atoms with Crippen LogP contribution in [0, 0.1) is 0 Å². The molecular weight excluding hydrogens is 292 g/mol. The average molecular weight is 318 g/mol. The normalized spacial score (nSPS) is 19.5. The molecule has 1 saturated heterocycles. The summed E-state index contributed by atoms with van der Waals surface area (Å²) in [5.41, 5.74) is 0. The van der Waals surface area contributed by atoms with E-state index in [0.29, 0.717) is 6.04 Å². The monoisotopic (exact) mass is 318 g/mol. The van der Waals surface area contributed by atoms with E-state index in [0.717, 1.165) is 50.9 Å². The summed E-state index contributed by atoms with van der Waals surface area (Å²) >= 11 is 0. The molecule has 1 aliphatic rings. The Balaban J connectivity index is 1.48. The summed E-state index contributed by atoms with van der Waals surface area (Å²) in [6.07, 6.45) is 7.11. The van der Waals surface area contributed by atoms with Crippen molar-refractivity contribution in [2.24, 2.45) is 0 Å². The molecular formula is C16H26N6O. The second-order valence-corrected chi connectivity index (χ2v) is 6.24. The molecule has 1 fully saturated rings. The van der Waals surface area contributed by atoms with Crippen molar-refractivity contribution in [3.05, 3.63) is 30.2 Å². The Labute approximate surface area is 137 Å². The lowest BCUT2D eigenvalue weighted by molar-refractivity contribution is 0.106. The van der Waals surface area contributed by atoms with E-state index < -0.39 is 0 Å². The van der Waals surface area contributed by atoms with Gasteiger partial charge < -0.3 is 9.42 Å². The van der Waals surface area contributed by atoms with Gasteiger partial charge in [0.25, 0.3) is 0 Å². The average Bonchev–Trinajstić information content (AvgIpc) is 3.24. The van der Waals surface area contributed by atoms with E-state index in [-0.39, 0.29) is 0 Å². The van der Waals surface area contributed by atoms with E-state index in [1.165, 1.54) is 12.8 Å². The van der Waals surface area contributed by atoms with Crippen LogP contribution in [-0.4, -0.2) is 62.4 Å². The van der Waals surface area contributed by atoms with Gasteiger partial charge in [-0.05, 0) is 32.5 Å². The predicted molar refractivity (Wildman–Crippen MR) is 86.8 cm³/mol. The highest BCUT2D eigenvalue weighted by atomic mass is 16.5. The number of hydrogen-bond acceptors (Lipinski definition) is 6. The lowest BCUT2D eigenvalue weighted by Crippen LogP contribution is -2.47. The van der Waals surface area contributed by atoms with E-state index in [9.17, 15) is 0 Å². The van der Waals surface area contributed by atoms with Gasteiger partial charge in [0, 0.05) is 37.9 Å². The SMILES string of the molecule is CCc1nc(CN2CCC[C@@H](N(C)CCn3cccn3)C2)no1. The molecule has 0 N–H and O–H groups in total. The molecule has 126 valence electrons. The number of likely N-dealkylation sites (N-methyl/N-ethyl adjacent to an activating group) is 1. The van der Waals surface area contributed by atoms with E-state index in [4.69, 9.17) is 4.52 Å². The van der Waals surface area contributed by atoms with Gasteiger partial charge in [-0.25, -0.2) is 0 Å². The zero-order chi connectivity index (χ0) is 16.1. The lowest BCUT2D eigenvalue weighted by atomic mass is 10.0. The summed E-state index contributed by atoms with van der Waals surface area (Å²) in [5.74, 6) is 1.53. The summed E-state index contributed by atoms with van der Waals surface area (Å²) in [6, 6.07) is 2.55. The van der Waals surface area contributed by atoms with Gasteiger partial charge >= 0.3 is 0 Å². The number of rotatable bonds is 7. The Hall–Kier alpha value is -1.73. The van der Waals surface area contributed by atoms with Crippen molar-refractivity contribution in [1.82, 2.24) is 29.7 Å². The summed E-state index contributed by atoms with van der Waals surface area (Å²) in [4.78, 5) is 9.30. The third kappa shape index (κ3) is 4.39. The van der Waals surface area contributed by atoms with Crippen LogP contribution < -0.4 is 0 Å². The first kappa shape index (κ1) is 16.1. The highest BCUT2D eigenvalue weighted by Crippen LogP contribution is 2.16. The smallest absolute Gasteiger partial charge is 0.226 e. The van der Waals surface area contributed by atoms with E-state index in [2.05, 4.69) is 32.1 Å². The predicted octanol–water partition coefficient (Wildman–Crippen LogP) is 1.42. The van der Waals surface area contributed by atoms with E-state index in [1.54, 1.807) is 0 Å². The molecule has 0 bridgehead atoms. The first-order valence-corrected chi connectivity index (χ1v) is 8.46. The molecule has 3 heterocycles. The van der Waals surface area contributed by atoms with Crippen LogP contribution in [0.2, 0.25) is 0 Å². The molecule has 1 aliphatic heterocycles. The summed E-state index contributed by atoms with van der Waals surface area (Å²) in [6.45, 7) is 6.94. The topological polar surface area (TPSA) is 63.2 Å². The minimum Gasteiger partial charge on any atom is -0.339 e. The van der Waals surface area contributed by atoms with Crippen molar-refractivity contribution in [1.29, 1.82) is 0 Å². The Morgan fingerprint density at radius 2 is 2.35 bits per heavy atom. The summed E-state index contributed by atoms with van der Waals surface area (Å²) in [7, 11) is 2.21. The highest BCUT2D eigenvalue weighted by molar-refractivity contribution is 4.88. The fourth-order valence-electron chi connectivity index (χ4n) is 3.11. The standard InChI is InChI=1S/C16H26N6O/c1-3-16-18-15(19-23-16)13-21-8-4-6-14(12-21)20(2)10-11-22-9-5-7-17-22/h5,7,9,14H,3-4,6,8,10-13H2,1-2H3/t14-/m1/s1. The van der Waals surface area contributed by atoms with Crippen LogP contribution >= 0.6 is 0 Å². The molecule has 0 amide bonds. The second-order valence-electron chi connectivity index (χ2n) is 6.24. The van der Waals surface area contributed by atoms with Gasteiger partial charge in [0.2, 0.25) is 5.89 Å².